The first kappa shape index (κ1) is 20.3. The van der Waals surface area contributed by atoms with Crippen molar-refractivity contribution >= 4 is 56.9 Å². The molecule has 7 heteroatoms. The van der Waals surface area contributed by atoms with Gasteiger partial charge in [0, 0.05) is 15.6 Å². The number of aryl methyl sites for hydroxylation is 1. The van der Waals surface area contributed by atoms with Gasteiger partial charge < -0.3 is 15.4 Å². The first-order chi connectivity index (χ1) is 13.5. The number of thiocarbonyl (C=S) groups is 1. The Balaban J connectivity index is 1.87. The molecule has 0 aliphatic rings. The molecule has 0 saturated carbocycles. The maximum absolute atomic E-state index is 12.4. The molecule has 0 atom stereocenters. The number of carbonyl (C=O) groups is 1. The fourth-order valence-corrected chi connectivity index (χ4v) is 4.08. The summed E-state index contributed by atoms with van der Waals surface area (Å²) < 4.78 is 5.20. The van der Waals surface area contributed by atoms with Crippen LogP contribution in [-0.2, 0) is 4.74 Å². The van der Waals surface area contributed by atoms with Crippen LogP contribution in [0.5, 0.6) is 0 Å². The van der Waals surface area contributed by atoms with Gasteiger partial charge in [-0.05, 0) is 55.4 Å². The van der Waals surface area contributed by atoms with Crippen LogP contribution in [0.2, 0.25) is 5.02 Å². The lowest BCUT2D eigenvalue weighted by atomic mass is 10.1. The molecule has 144 valence electrons. The molecule has 0 aliphatic heterocycles. The summed E-state index contributed by atoms with van der Waals surface area (Å²) in [4.78, 5) is 13.4. The van der Waals surface area contributed by atoms with Crippen molar-refractivity contribution in [3.05, 3.63) is 70.7 Å². The SMILES string of the molecule is CCOC(=O)c1cc(-c2ccccc2)sc1NC(=S)Nc1cc(Cl)ccc1C. The third-order valence-electron chi connectivity index (χ3n) is 3.96. The molecule has 0 saturated heterocycles. The summed E-state index contributed by atoms with van der Waals surface area (Å²) in [6, 6.07) is 17.2. The third-order valence-corrected chi connectivity index (χ3v) is 5.50. The van der Waals surface area contributed by atoms with Crippen LogP contribution in [0.4, 0.5) is 10.7 Å². The Hall–Kier alpha value is -2.41. The lowest BCUT2D eigenvalue weighted by Gasteiger charge is -2.12. The summed E-state index contributed by atoms with van der Waals surface area (Å²) in [7, 11) is 0. The van der Waals surface area contributed by atoms with Gasteiger partial charge in [-0.2, -0.15) is 0 Å². The minimum Gasteiger partial charge on any atom is -0.462 e. The molecule has 3 rings (SSSR count). The molecule has 0 radical (unpaired) electrons. The number of hydrogen-bond acceptors (Lipinski definition) is 4. The topological polar surface area (TPSA) is 50.4 Å². The van der Waals surface area contributed by atoms with Gasteiger partial charge in [0.25, 0.3) is 0 Å². The average Bonchev–Trinajstić information content (AvgIpc) is 3.09. The van der Waals surface area contributed by atoms with Crippen LogP contribution in [-0.4, -0.2) is 17.7 Å². The van der Waals surface area contributed by atoms with Crippen molar-refractivity contribution in [3.8, 4) is 10.4 Å². The smallest absolute Gasteiger partial charge is 0.341 e. The van der Waals surface area contributed by atoms with Crippen LogP contribution >= 0.6 is 35.2 Å². The molecule has 28 heavy (non-hydrogen) atoms. The highest BCUT2D eigenvalue weighted by Crippen LogP contribution is 2.36. The average molecular weight is 431 g/mol. The van der Waals surface area contributed by atoms with Crippen molar-refractivity contribution in [3.63, 3.8) is 0 Å². The maximum Gasteiger partial charge on any atom is 0.341 e. The van der Waals surface area contributed by atoms with Crippen LogP contribution in [0.15, 0.2) is 54.6 Å². The number of nitrogens with one attached hydrogen (secondary N) is 2. The second-order valence-electron chi connectivity index (χ2n) is 5.98. The number of hydrogen-bond donors (Lipinski definition) is 2. The Kier molecular flexibility index (Phi) is 6.67. The number of esters is 1. The Morgan fingerprint density at radius 2 is 1.89 bits per heavy atom. The van der Waals surface area contributed by atoms with Gasteiger partial charge in [0.2, 0.25) is 0 Å². The molecule has 0 spiro atoms. The zero-order chi connectivity index (χ0) is 20.1. The summed E-state index contributed by atoms with van der Waals surface area (Å²) in [6.45, 7) is 4.05. The maximum atomic E-state index is 12.4. The van der Waals surface area contributed by atoms with Crippen molar-refractivity contribution in [2.45, 2.75) is 13.8 Å². The van der Waals surface area contributed by atoms with Crippen molar-refractivity contribution in [1.29, 1.82) is 0 Å². The molecule has 0 bridgehead atoms. The van der Waals surface area contributed by atoms with Crippen LogP contribution in [0.3, 0.4) is 0 Å². The Labute approximate surface area is 178 Å². The normalized spacial score (nSPS) is 10.4. The van der Waals surface area contributed by atoms with E-state index >= 15 is 0 Å². The number of carbonyl (C=O) groups excluding carboxylic acids is 1. The lowest BCUT2D eigenvalue weighted by molar-refractivity contribution is 0.0528. The van der Waals surface area contributed by atoms with E-state index in [1.807, 2.05) is 55.5 Å². The lowest BCUT2D eigenvalue weighted by Crippen LogP contribution is -2.20. The van der Waals surface area contributed by atoms with Gasteiger partial charge in [-0.25, -0.2) is 4.79 Å². The molecule has 4 nitrogen and oxygen atoms in total. The van der Waals surface area contributed by atoms with Gasteiger partial charge in [-0.3, -0.25) is 0 Å². The standard InChI is InChI=1S/C21H19ClN2O2S2/c1-3-26-20(25)16-12-18(14-7-5-4-6-8-14)28-19(16)24-21(27)23-17-11-15(22)10-9-13(17)2/h4-12H,3H2,1-2H3,(H2,23,24,27). The summed E-state index contributed by atoms with van der Waals surface area (Å²) in [5.74, 6) is -0.384. The monoisotopic (exact) mass is 430 g/mol. The summed E-state index contributed by atoms with van der Waals surface area (Å²) in [6.07, 6.45) is 0. The molecular formula is C21H19ClN2O2S2. The summed E-state index contributed by atoms with van der Waals surface area (Å²) >= 11 is 13.0. The van der Waals surface area contributed by atoms with E-state index in [9.17, 15) is 4.79 Å². The fraction of sp³-hybridized carbons (Fsp3) is 0.143. The van der Waals surface area contributed by atoms with E-state index in [0.717, 1.165) is 21.7 Å². The molecule has 3 aromatic rings. The second-order valence-corrected chi connectivity index (χ2v) is 7.88. The predicted molar refractivity (Wildman–Crippen MR) is 122 cm³/mol. The number of thiophene rings is 1. The first-order valence-corrected chi connectivity index (χ1v) is 10.3. The zero-order valence-corrected chi connectivity index (χ0v) is 17.8. The van der Waals surface area contributed by atoms with Gasteiger partial charge in [-0.15, -0.1) is 11.3 Å². The Morgan fingerprint density at radius 3 is 2.61 bits per heavy atom. The summed E-state index contributed by atoms with van der Waals surface area (Å²) in [5, 5.41) is 7.89. The zero-order valence-electron chi connectivity index (χ0n) is 15.4. The minimum atomic E-state index is -0.384. The van der Waals surface area contributed by atoms with E-state index in [4.69, 9.17) is 28.6 Å². The van der Waals surface area contributed by atoms with Crippen molar-refractivity contribution in [1.82, 2.24) is 0 Å². The predicted octanol–water partition coefficient (Wildman–Crippen LogP) is 6.36. The van der Waals surface area contributed by atoms with E-state index in [0.29, 0.717) is 27.3 Å². The third kappa shape index (κ3) is 4.90. The molecule has 0 amide bonds. The van der Waals surface area contributed by atoms with E-state index in [-0.39, 0.29) is 5.97 Å². The molecule has 0 fully saturated rings. The number of rotatable bonds is 5. The van der Waals surface area contributed by atoms with E-state index in [1.165, 1.54) is 11.3 Å². The van der Waals surface area contributed by atoms with Crippen LogP contribution in [0, 0.1) is 6.92 Å². The molecule has 1 heterocycles. The molecular weight excluding hydrogens is 412 g/mol. The van der Waals surface area contributed by atoms with Crippen LogP contribution in [0.1, 0.15) is 22.8 Å². The molecule has 0 aliphatic carbocycles. The Morgan fingerprint density at radius 1 is 1.14 bits per heavy atom. The van der Waals surface area contributed by atoms with E-state index < -0.39 is 0 Å². The number of anilines is 2. The minimum absolute atomic E-state index is 0.305. The highest BCUT2D eigenvalue weighted by Gasteiger charge is 2.19. The van der Waals surface area contributed by atoms with Gasteiger partial charge in [-0.1, -0.05) is 48.0 Å². The van der Waals surface area contributed by atoms with Crippen molar-refractivity contribution in [2.75, 3.05) is 17.2 Å². The summed E-state index contributed by atoms with van der Waals surface area (Å²) in [5.41, 5.74) is 3.30. The van der Waals surface area contributed by atoms with Gasteiger partial charge in [0.1, 0.15) is 5.00 Å². The largest absolute Gasteiger partial charge is 0.462 e. The van der Waals surface area contributed by atoms with Gasteiger partial charge in [0.05, 0.1) is 12.2 Å². The second kappa shape index (κ2) is 9.19. The number of benzene rings is 2. The number of ether oxygens (including phenoxy) is 1. The van der Waals surface area contributed by atoms with Crippen molar-refractivity contribution < 1.29 is 9.53 Å². The van der Waals surface area contributed by atoms with E-state index in [1.54, 1.807) is 13.0 Å². The van der Waals surface area contributed by atoms with E-state index in [2.05, 4.69) is 10.6 Å². The molecule has 2 N–H and O–H groups in total. The first-order valence-electron chi connectivity index (χ1n) is 8.68. The van der Waals surface area contributed by atoms with Gasteiger partial charge in [0.15, 0.2) is 5.11 Å². The quantitative estimate of drug-likeness (QED) is 0.364. The van der Waals surface area contributed by atoms with Crippen LogP contribution < -0.4 is 10.6 Å². The number of halogens is 1. The Bertz CT molecular complexity index is 1000. The highest BCUT2D eigenvalue weighted by molar-refractivity contribution is 7.80. The molecule has 1 aromatic heterocycles. The molecule has 0 unspecified atom stereocenters. The van der Waals surface area contributed by atoms with Crippen molar-refractivity contribution in [2.24, 2.45) is 0 Å². The van der Waals surface area contributed by atoms with Gasteiger partial charge >= 0.3 is 5.97 Å². The fourth-order valence-electron chi connectivity index (χ4n) is 2.57. The van der Waals surface area contributed by atoms with Crippen LogP contribution in [0.25, 0.3) is 10.4 Å². The molecule has 2 aromatic carbocycles. The highest BCUT2D eigenvalue weighted by atomic mass is 35.5.